The molecule has 1 aromatic carbocycles. The second-order valence-corrected chi connectivity index (χ2v) is 9.66. The second kappa shape index (κ2) is 8.75. The van der Waals surface area contributed by atoms with Gasteiger partial charge in [-0.1, -0.05) is 18.2 Å². The molecule has 0 aliphatic carbocycles. The number of amides is 1. The third-order valence-corrected chi connectivity index (χ3v) is 7.68. The van der Waals surface area contributed by atoms with Crippen molar-refractivity contribution in [2.24, 2.45) is 5.92 Å². The van der Waals surface area contributed by atoms with E-state index in [4.69, 9.17) is 4.74 Å². The summed E-state index contributed by atoms with van der Waals surface area (Å²) in [6, 6.07) is 13.2. The number of piperidine rings is 1. The summed E-state index contributed by atoms with van der Waals surface area (Å²) in [6.07, 6.45) is 11.1. The molecule has 3 fully saturated rings. The number of fused-ring (bicyclic) bond motifs is 3. The number of anilines is 1. The lowest BCUT2D eigenvalue weighted by molar-refractivity contribution is 0.0524. The van der Waals surface area contributed by atoms with Crippen LogP contribution in [0.5, 0.6) is 0 Å². The van der Waals surface area contributed by atoms with Gasteiger partial charge in [-0.25, -0.2) is 4.98 Å². The first kappa shape index (κ1) is 20.6. The molecule has 6 nitrogen and oxygen atoms in total. The molecule has 6 rings (SSSR count). The Kier molecular flexibility index (Phi) is 5.46. The molecule has 2 bridgehead atoms. The number of hydrogen-bond donors (Lipinski definition) is 0. The smallest absolute Gasteiger partial charge is 0.254 e. The molecule has 0 N–H and O–H groups in total. The van der Waals surface area contributed by atoms with Crippen LogP contribution in [-0.4, -0.2) is 59.2 Å². The number of morpholine rings is 1. The van der Waals surface area contributed by atoms with Gasteiger partial charge in [0.2, 0.25) is 0 Å². The zero-order chi connectivity index (χ0) is 22.2. The van der Waals surface area contributed by atoms with Crippen molar-refractivity contribution in [3.63, 3.8) is 0 Å². The highest BCUT2D eigenvalue weighted by Crippen LogP contribution is 2.41. The van der Waals surface area contributed by atoms with Crippen molar-refractivity contribution in [2.75, 3.05) is 31.2 Å². The molecule has 2 aromatic heterocycles. The third-order valence-electron chi connectivity index (χ3n) is 7.68. The number of rotatable bonds is 4. The van der Waals surface area contributed by atoms with Crippen LogP contribution in [0.25, 0.3) is 10.8 Å². The SMILES string of the molecule is O=C(c1ccnc(N2CCOCC2)c1)N1[C@H]2CC[C@H]1CC(Cc1cccc3ccncc13)C2. The minimum Gasteiger partial charge on any atom is -0.378 e. The number of aromatic nitrogens is 2. The van der Waals surface area contributed by atoms with Crippen molar-refractivity contribution >= 4 is 22.5 Å². The molecule has 33 heavy (non-hydrogen) atoms. The van der Waals surface area contributed by atoms with Crippen LogP contribution in [0.2, 0.25) is 0 Å². The van der Waals surface area contributed by atoms with Crippen LogP contribution in [0.1, 0.15) is 41.6 Å². The van der Waals surface area contributed by atoms with E-state index in [1.165, 1.54) is 16.3 Å². The average Bonchev–Trinajstić information content (AvgIpc) is 3.14. The van der Waals surface area contributed by atoms with Crippen LogP contribution in [-0.2, 0) is 11.2 Å². The monoisotopic (exact) mass is 442 g/mol. The second-order valence-electron chi connectivity index (χ2n) is 9.66. The minimum absolute atomic E-state index is 0.173. The summed E-state index contributed by atoms with van der Waals surface area (Å²) >= 11 is 0. The first-order valence-electron chi connectivity index (χ1n) is 12.2. The Labute approximate surface area is 194 Å². The van der Waals surface area contributed by atoms with Crippen LogP contribution in [0.15, 0.2) is 55.0 Å². The fraction of sp³-hybridized carbons (Fsp3) is 0.444. The highest BCUT2D eigenvalue weighted by molar-refractivity contribution is 5.95. The largest absolute Gasteiger partial charge is 0.378 e. The highest BCUT2D eigenvalue weighted by Gasteiger charge is 2.43. The Hall–Kier alpha value is -2.99. The van der Waals surface area contributed by atoms with E-state index in [2.05, 4.69) is 44.0 Å². The van der Waals surface area contributed by atoms with E-state index in [9.17, 15) is 4.79 Å². The molecule has 3 saturated heterocycles. The minimum atomic E-state index is 0.173. The molecule has 3 aliphatic rings. The normalized spacial score (nSPS) is 24.9. The van der Waals surface area contributed by atoms with Gasteiger partial charge in [0.05, 0.1) is 13.2 Å². The number of carbonyl (C=O) groups excluding carboxylic acids is 1. The van der Waals surface area contributed by atoms with E-state index in [0.29, 0.717) is 31.2 Å². The summed E-state index contributed by atoms with van der Waals surface area (Å²) in [6.45, 7) is 3.07. The lowest BCUT2D eigenvalue weighted by Gasteiger charge is -2.39. The van der Waals surface area contributed by atoms with Crippen LogP contribution in [0, 0.1) is 5.92 Å². The molecule has 3 aliphatic heterocycles. The lowest BCUT2D eigenvalue weighted by atomic mass is 9.84. The number of ether oxygens (including phenoxy) is 1. The molecule has 5 heterocycles. The summed E-state index contributed by atoms with van der Waals surface area (Å²) in [5, 5.41) is 2.52. The van der Waals surface area contributed by atoms with E-state index in [-0.39, 0.29) is 5.91 Å². The Morgan fingerprint density at radius 1 is 1.03 bits per heavy atom. The number of pyridine rings is 2. The van der Waals surface area contributed by atoms with Crippen LogP contribution in [0.4, 0.5) is 5.82 Å². The van der Waals surface area contributed by atoms with Gasteiger partial charge in [0.25, 0.3) is 5.91 Å². The van der Waals surface area contributed by atoms with Gasteiger partial charge in [-0.3, -0.25) is 9.78 Å². The third kappa shape index (κ3) is 3.97. The van der Waals surface area contributed by atoms with Crippen molar-refractivity contribution < 1.29 is 9.53 Å². The number of benzene rings is 1. The molecular formula is C27H30N4O2. The molecule has 3 aromatic rings. The fourth-order valence-corrected chi connectivity index (χ4v) is 6.12. The molecule has 1 amide bonds. The Morgan fingerprint density at radius 2 is 1.85 bits per heavy atom. The van der Waals surface area contributed by atoms with Gasteiger partial charge in [0, 0.05) is 54.7 Å². The molecule has 0 saturated carbocycles. The van der Waals surface area contributed by atoms with Gasteiger partial charge >= 0.3 is 0 Å². The highest BCUT2D eigenvalue weighted by atomic mass is 16.5. The summed E-state index contributed by atoms with van der Waals surface area (Å²) in [7, 11) is 0. The molecule has 0 radical (unpaired) electrons. The first-order chi connectivity index (χ1) is 16.3. The van der Waals surface area contributed by atoms with Gasteiger partial charge in [0.15, 0.2) is 0 Å². The molecule has 0 unspecified atom stereocenters. The van der Waals surface area contributed by atoms with Crippen molar-refractivity contribution in [1.82, 2.24) is 14.9 Å². The molecule has 170 valence electrons. The van der Waals surface area contributed by atoms with Crippen molar-refractivity contribution in [3.05, 3.63) is 66.1 Å². The van der Waals surface area contributed by atoms with Crippen molar-refractivity contribution in [2.45, 2.75) is 44.2 Å². The summed E-state index contributed by atoms with van der Waals surface area (Å²) < 4.78 is 5.46. The maximum absolute atomic E-state index is 13.6. The molecular weight excluding hydrogens is 412 g/mol. The predicted octanol–water partition coefficient (Wildman–Crippen LogP) is 4.09. The number of hydrogen-bond acceptors (Lipinski definition) is 5. The quantitative estimate of drug-likeness (QED) is 0.609. The summed E-state index contributed by atoms with van der Waals surface area (Å²) in [5.41, 5.74) is 2.15. The van der Waals surface area contributed by atoms with E-state index >= 15 is 0 Å². The molecule has 0 spiro atoms. The average molecular weight is 443 g/mol. The number of carbonyl (C=O) groups is 1. The Bertz CT molecular complexity index is 1140. The van der Waals surface area contributed by atoms with Crippen LogP contribution < -0.4 is 4.90 Å². The van der Waals surface area contributed by atoms with Crippen LogP contribution >= 0.6 is 0 Å². The zero-order valence-corrected chi connectivity index (χ0v) is 18.9. The fourth-order valence-electron chi connectivity index (χ4n) is 6.12. The van der Waals surface area contributed by atoms with Gasteiger partial charge in [-0.15, -0.1) is 0 Å². The predicted molar refractivity (Wildman–Crippen MR) is 128 cm³/mol. The number of nitrogens with zero attached hydrogens (tertiary/aromatic N) is 4. The van der Waals surface area contributed by atoms with Crippen LogP contribution in [0.3, 0.4) is 0 Å². The maximum Gasteiger partial charge on any atom is 0.254 e. The Morgan fingerprint density at radius 3 is 2.67 bits per heavy atom. The van der Waals surface area contributed by atoms with Crippen molar-refractivity contribution in [3.8, 4) is 0 Å². The van der Waals surface area contributed by atoms with E-state index in [1.54, 1.807) is 6.20 Å². The maximum atomic E-state index is 13.6. The van der Waals surface area contributed by atoms with Gasteiger partial charge in [0.1, 0.15) is 5.82 Å². The topological polar surface area (TPSA) is 58.6 Å². The summed E-state index contributed by atoms with van der Waals surface area (Å²) in [4.78, 5) is 26.9. The van der Waals surface area contributed by atoms with Gasteiger partial charge < -0.3 is 14.5 Å². The Balaban J connectivity index is 1.18. The van der Waals surface area contributed by atoms with Gasteiger partial charge in [-0.05, 0) is 67.2 Å². The van der Waals surface area contributed by atoms with Crippen molar-refractivity contribution in [1.29, 1.82) is 0 Å². The first-order valence-corrected chi connectivity index (χ1v) is 12.2. The van der Waals surface area contributed by atoms with E-state index in [0.717, 1.165) is 56.6 Å². The standard InChI is InChI=1S/C27H30N4O2/c32-27(22-7-9-29-26(17-22)30-10-12-33-13-11-30)31-23-4-5-24(31)16-19(15-23)14-21-3-1-2-20-6-8-28-18-25(20)21/h1-3,6-9,17-19,23-24H,4-5,10-16H2/t23-,24-/m0/s1. The molecule has 6 heteroatoms. The van der Waals surface area contributed by atoms with E-state index < -0.39 is 0 Å². The van der Waals surface area contributed by atoms with Gasteiger partial charge in [-0.2, -0.15) is 0 Å². The summed E-state index contributed by atoms with van der Waals surface area (Å²) in [5.74, 6) is 1.67. The zero-order valence-electron chi connectivity index (χ0n) is 18.9. The lowest BCUT2D eigenvalue weighted by Crippen LogP contribution is -2.47. The van der Waals surface area contributed by atoms with E-state index in [1.807, 2.05) is 24.5 Å². The molecule has 2 atom stereocenters.